The third-order valence-electron chi connectivity index (χ3n) is 3.24. The molecule has 0 radical (unpaired) electrons. The fourth-order valence-electron chi connectivity index (χ4n) is 2.08. The molecular formula is C13H19IN2. The second-order valence-electron chi connectivity index (χ2n) is 4.58. The van der Waals surface area contributed by atoms with E-state index >= 15 is 0 Å². The minimum atomic E-state index is 1.15. The molecule has 0 atom stereocenters. The minimum Gasteiger partial charge on any atom is -0.370 e. The molecule has 1 aromatic carbocycles. The summed E-state index contributed by atoms with van der Waals surface area (Å²) in [6.07, 6.45) is 1.26. The number of hydrogen-bond donors (Lipinski definition) is 0. The molecule has 1 saturated heterocycles. The van der Waals surface area contributed by atoms with Gasteiger partial charge < -0.3 is 9.80 Å². The van der Waals surface area contributed by atoms with Crippen molar-refractivity contribution in [2.45, 2.75) is 13.3 Å². The molecule has 0 saturated carbocycles. The first-order valence-electron chi connectivity index (χ1n) is 5.86. The lowest BCUT2D eigenvalue weighted by atomic mass is 10.2. The maximum atomic E-state index is 2.51. The molecule has 2 nitrogen and oxygen atoms in total. The Morgan fingerprint density at radius 2 is 1.94 bits per heavy atom. The highest BCUT2D eigenvalue weighted by molar-refractivity contribution is 14.1. The summed E-state index contributed by atoms with van der Waals surface area (Å²) in [4.78, 5) is 4.92. The van der Waals surface area contributed by atoms with Crippen LogP contribution in [-0.4, -0.2) is 38.1 Å². The Labute approximate surface area is 112 Å². The molecule has 0 unspecified atom stereocenters. The summed E-state index contributed by atoms with van der Waals surface area (Å²) in [6.45, 7) is 6.89. The summed E-state index contributed by atoms with van der Waals surface area (Å²) in [5.74, 6) is 0. The highest BCUT2D eigenvalue weighted by Crippen LogP contribution is 2.21. The van der Waals surface area contributed by atoms with Crippen LogP contribution in [0, 0.1) is 10.5 Å². The lowest BCUT2D eigenvalue weighted by Gasteiger charge is -2.23. The quantitative estimate of drug-likeness (QED) is 0.731. The van der Waals surface area contributed by atoms with Gasteiger partial charge in [0.15, 0.2) is 0 Å². The number of aryl methyl sites for hydroxylation is 1. The van der Waals surface area contributed by atoms with E-state index in [0.29, 0.717) is 0 Å². The van der Waals surface area contributed by atoms with Crippen molar-refractivity contribution >= 4 is 28.3 Å². The van der Waals surface area contributed by atoms with Gasteiger partial charge in [-0.05, 0) is 67.2 Å². The molecule has 3 heteroatoms. The van der Waals surface area contributed by atoms with Crippen LogP contribution in [0.5, 0.6) is 0 Å². The molecule has 88 valence electrons. The lowest BCUT2D eigenvalue weighted by molar-refractivity contribution is 0.360. The Bertz CT molecular complexity index is 365. The summed E-state index contributed by atoms with van der Waals surface area (Å²) >= 11 is 2.42. The molecule has 1 aliphatic heterocycles. The summed E-state index contributed by atoms with van der Waals surface area (Å²) in [5, 5.41) is 0. The van der Waals surface area contributed by atoms with Gasteiger partial charge in [-0.15, -0.1) is 0 Å². The molecular weight excluding hydrogens is 311 g/mol. The lowest BCUT2D eigenvalue weighted by Crippen LogP contribution is -2.28. The maximum Gasteiger partial charge on any atom is 0.0377 e. The molecule has 16 heavy (non-hydrogen) atoms. The van der Waals surface area contributed by atoms with E-state index in [-0.39, 0.29) is 0 Å². The van der Waals surface area contributed by atoms with E-state index in [9.17, 15) is 0 Å². The van der Waals surface area contributed by atoms with Crippen LogP contribution in [0.25, 0.3) is 0 Å². The van der Waals surface area contributed by atoms with Crippen molar-refractivity contribution in [2.24, 2.45) is 0 Å². The molecule has 1 heterocycles. The van der Waals surface area contributed by atoms with E-state index in [0.717, 1.165) is 6.54 Å². The molecule has 1 aromatic rings. The van der Waals surface area contributed by atoms with Gasteiger partial charge in [-0.25, -0.2) is 0 Å². The van der Waals surface area contributed by atoms with Gasteiger partial charge in [-0.1, -0.05) is 6.07 Å². The van der Waals surface area contributed by atoms with Crippen molar-refractivity contribution < 1.29 is 0 Å². The van der Waals surface area contributed by atoms with Gasteiger partial charge in [0.25, 0.3) is 0 Å². The normalized spacial score (nSPS) is 18.6. The summed E-state index contributed by atoms with van der Waals surface area (Å²) in [6, 6.07) is 6.79. The summed E-state index contributed by atoms with van der Waals surface area (Å²) < 4.78 is 1.37. The zero-order valence-corrected chi connectivity index (χ0v) is 12.2. The molecule has 0 amide bonds. The maximum absolute atomic E-state index is 2.51. The number of nitrogens with zero attached hydrogens (tertiary/aromatic N) is 2. The van der Waals surface area contributed by atoms with Crippen LogP contribution >= 0.6 is 22.6 Å². The Kier molecular flexibility index (Phi) is 4.08. The van der Waals surface area contributed by atoms with Gasteiger partial charge in [-0.3, -0.25) is 0 Å². The standard InChI is InChI=1S/C13H19IN2/c1-11-4-5-12(10-13(11)14)16-7-3-6-15(2)8-9-16/h4-5,10H,3,6-9H2,1-2H3. The van der Waals surface area contributed by atoms with Crippen LogP contribution < -0.4 is 4.90 Å². The number of hydrogen-bond acceptors (Lipinski definition) is 2. The predicted octanol–water partition coefficient (Wildman–Crippen LogP) is 2.74. The first kappa shape index (κ1) is 12.2. The van der Waals surface area contributed by atoms with Crippen molar-refractivity contribution in [1.29, 1.82) is 0 Å². The highest BCUT2D eigenvalue weighted by Gasteiger charge is 2.12. The second kappa shape index (κ2) is 5.36. The molecule has 0 aliphatic carbocycles. The third-order valence-corrected chi connectivity index (χ3v) is 4.40. The van der Waals surface area contributed by atoms with Crippen molar-refractivity contribution in [3.8, 4) is 0 Å². The van der Waals surface area contributed by atoms with Crippen LogP contribution in [0.3, 0.4) is 0 Å². The van der Waals surface area contributed by atoms with E-state index in [1.165, 1.54) is 40.9 Å². The third kappa shape index (κ3) is 2.88. The average Bonchev–Trinajstić information content (AvgIpc) is 2.47. The molecule has 0 bridgehead atoms. The molecule has 0 spiro atoms. The highest BCUT2D eigenvalue weighted by atomic mass is 127. The van der Waals surface area contributed by atoms with Crippen LogP contribution in [0.1, 0.15) is 12.0 Å². The van der Waals surface area contributed by atoms with Gasteiger partial charge in [0.1, 0.15) is 0 Å². The first-order chi connectivity index (χ1) is 7.66. The van der Waals surface area contributed by atoms with Gasteiger partial charge in [0.05, 0.1) is 0 Å². The molecule has 2 rings (SSSR count). The number of benzene rings is 1. The van der Waals surface area contributed by atoms with E-state index in [4.69, 9.17) is 0 Å². The largest absolute Gasteiger partial charge is 0.370 e. The van der Waals surface area contributed by atoms with E-state index in [1.807, 2.05) is 0 Å². The van der Waals surface area contributed by atoms with Crippen molar-refractivity contribution in [2.75, 3.05) is 38.1 Å². The number of likely N-dealkylation sites (N-methyl/N-ethyl adjacent to an activating group) is 1. The minimum absolute atomic E-state index is 1.15. The molecule has 0 N–H and O–H groups in total. The predicted molar refractivity (Wildman–Crippen MR) is 78.2 cm³/mol. The van der Waals surface area contributed by atoms with Gasteiger partial charge in [0.2, 0.25) is 0 Å². The monoisotopic (exact) mass is 330 g/mol. The van der Waals surface area contributed by atoms with E-state index in [1.54, 1.807) is 0 Å². The van der Waals surface area contributed by atoms with Gasteiger partial charge in [0, 0.05) is 28.9 Å². The average molecular weight is 330 g/mol. The summed E-state index contributed by atoms with van der Waals surface area (Å²) in [7, 11) is 2.21. The van der Waals surface area contributed by atoms with Gasteiger partial charge in [-0.2, -0.15) is 0 Å². The smallest absolute Gasteiger partial charge is 0.0377 e. The molecule has 1 fully saturated rings. The van der Waals surface area contributed by atoms with E-state index in [2.05, 4.69) is 64.6 Å². The van der Waals surface area contributed by atoms with Gasteiger partial charge >= 0.3 is 0 Å². The zero-order valence-electron chi connectivity index (χ0n) is 10.0. The van der Waals surface area contributed by atoms with Crippen LogP contribution in [0.2, 0.25) is 0 Å². The fraction of sp³-hybridized carbons (Fsp3) is 0.538. The Morgan fingerprint density at radius 3 is 2.69 bits per heavy atom. The molecule has 0 aromatic heterocycles. The van der Waals surface area contributed by atoms with Crippen LogP contribution in [-0.2, 0) is 0 Å². The zero-order chi connectivity index (χ0) is 11.5. The van der Waals surface area contributed by atoms with Crippen LogP contribution in [0.15, 0.2) is 18.2 Å². The van der Waals surface area contributed by atoms with Crippen LogP contribution in [0.4, 0.5) is 5.69 Å². The Hall–Kier alpha value is -0.290. The SMILES string of the molecule is Cc1ccc(N2CCCN(C)CC2)cc1I. The van der Waals surface area contributed by atoms with Crippen molar-refractivity contribution in [1.82, 2.24) is 4.90 Å². The summed E-state index contributed by atoms with van der Waals surface area (Å²) in [5.41, 5.74) is 2.75. The Morgan fingerprint density at radius 1 is 1.12 bits per heavy atom. The Balaban J connectivity index is 2.13. The topological polar surface area (TPSA) is 6.48 Å². The van der Waals surface area contributed by atoms with E-state index < -0.39 is 0 Å². The second-order valence-corrected chi connectivity index (χ2v) is 5.74. The van der Waals surface area contributed by atoms with Crippen molar-refractivity contribution in [3.63, 3.8) is 0 Å². The fourth-order valence-corrected chi connectivity index (χ4v) is 2.58. The first-order valence-corrected chi connectivity index (χ1v) is 6.94. The molecule has 1 aliphatic rings. The van der Waals surface area contributed by atoms with Crippen molar-refractivity contribution in [3.05, 3.63) is 27.3 Å². The number of anilines is 1. The number of rotatable bonds is 1. The number of halogens is 1.